The lowest BCUT2D eigenvalue weighted by atomic mass is 9.96. The number of aliphatic hydroxyl groups is 2. The smallest absolute Gasteiger partial charge is 0.116 e. The fraction of sp³-hybridized carbons (Fsp3) is 0.308. The summed E-state index contributed by atoms with van der Waals surface area (Å²) in [5.41, 5.74) is 9.70. The maximum Gasteiger partial charge on any atom is 0.116 e. The van der Waals surface area contributed by atoms with Gasteiger partial charge < -0.3 is 20.8 Å². The number of nitrogens with zero attached hydrogens (tertiary/aromatic N) is 4. The maximum atomic E-state index is 11.2. The zero-order valence-electron chi connectivity index (χ0n) is 18.7. The highest BCUT2D eigenvalue weighted by atomic mass is 16.3. The molecule has 2 atom stereocenters. The van der Waals surface area contributed by atoms with Gasteiger partial charge in [0.05, 0.1) is 41.4 Å². The van der Waals surface area contributed by atoms with Gasteiger partial charge in [0.2, 0.25) is 0 Å². The normalized spacial score (nSPS) is 18.5. The van der Waals surface area contributed by atoms with E-state index in [0.717, 1.165) is 24.3 Å². The molecule has 1 fully saturated rings. The number of piperazine rings is 1. The Morgan fingerprint density at radius 1 is 1.15 bits per heavy atom. The van der Waals surface area contributed by atoms with Gasteiger partial charge in [-0.3, -0.25) is 9.88 Å². The number of benzene rings is 2. The molecule has 33 heavy (non-hydrogen) atoms. The van der Waals surface area contributed by atoms with Gasteiger partial charge in [-0.15, -0.1) is 0 Å². The molecule has 2 heterocycles. The van der Waals surface area contributed by atoms with Crippen LogP contribution in [0.1, 0.15) is 35.3 Å². The van der Waals surface area contributed by atoms with Gasteiger partial charge in [-0.1, -0.05) is 36.4 Å². The summed E-state index contributed by atoms with van der Waals surface area (Å²) in [7, 11) is 0. The van der Waals surface area contributed by atoms with Crippen LogP contribution in [0.15, 0.2) is 66.9 Å². The predicted octanol–water partition coefficient (Wildman–Crippen LogP) is 2.80. The highest BCUT2D eigenvalue weighted by Gasteiger charge is 2.34. The highest BCUT2D eigenvalue weighted by molar-refractivity contribution is 5.70. The lowest BCUT2D eigenvalue weighted by molar-refractivity contribution is 0.00673. The average molecular weight is 444 g/mol. The van der Waals surface area contributed by atoms with E-state index in [-0.39, 0.29) is 12.6 Å². The minimum absolute atomic E-state index is 0.0377. The Morgan fingerprint density at radius 3 is 2.58 bits per heavy atom. The van der Waals surface area contributed by atoms with Crippen LogP contribution in [0, 0.1) is 11.3 Å². The minimum Gasteiger partial charge on any atom is -0.397 e. The second-order valence-electron chi connectivity index (χ2n) is 8.72. The third-order valence-electron chi connectivity index (χ3n) is 6.21. The number of nitrogens with two attached hydrogens (primary N) is 1. The van der Waals surface area contributed by atoms with Crippen molar-refractivity contribution in [3.63, 3.8) is 0 Å². The van der Waals surface area contributed by atoms with Crippen LogP contribution in [0.25, 0.3) is 0 Å². The average Bonchev–Trinajstić information content (AvgIpc) is 2.84. The van der Waals surface area contributed by atoms with E-state index in [2.05, 4.69) is 33.0 Å². The molecular weight excluding hydrogens is 414 g/mol. The van der Waals surface area contributed by atoms with E-state index in [1.54, 1.807) is 37.4 Å². The number of hydrogen-bond acceptors (Lipinski definition) is 7. The van der Waals surface area contributed by atoms with E-state index in [0.29, 0.717) is 35.6 Å². The minimum atomic E-state index is -1.13. The Kier molecular flexibility index (Phi) is 6.61. The Bertz CT molecular complexity index is 1130. The monoisotopic (exact) mass is 443 g/mol. The Morgan fingerprint density at radius 2 is 1.94 bits per heavy atom. The van der Waals surface area contributed by atoms with Gasteiger partial charge in [-0.25, -0.2) is 0 Å². The lowest BCUT2D eigenvalue weighted by Gasteiger charge is -2.45. The van der Waals surface area contributed by atoms with Crippen LogP contribution in [0.4, 0.5) is 11.4 Å². The highest BCUT2D eigenvalue weighted by Crippen LogP contribution is 2.35. The maximum absolute atomic E-state index is 11.2. The number of anilines is 2. The number of aliphatic hydroxyl groups excluding tert-OH is 1. The molecular formula is C26H29N5O2. The van der Waals surface area contributed by atoms with E-state index < -0.39 is 5.60 Å². The molecule has 0 amide bonds. The van der Waals surface area contributed by atoms with Crippen LogP contribution >= 0.6 is 0 Å². The first kappa shape index (κ1) is 22.7. The zero-order chi connectivity index (χ0) is 23.4. The van der Waals surface area contributed by atoms with E-state index in [1.165, 1.54) is 0 Å². The fourth-order valence-corrected chi connectivity index (χ4v) is 4.47. The SMILES string of the molecule is C[C@@](O)(CN1CCN(c2ccc(C#N)cc2N)[C@H](c2ccccc2)C1)c1ccc(CO)cn1. The fourth-order valence-electron chi connectivity index (χ4n) is 4.47. The van der Waals surface area contributed by atoms with Crippen molar-refractivity contribution in [2.75, 3.05) is 36.8 Å². The van der Waals surface area contributed by atoms with E-state index in [9.17, 15) is 15.5 Å². The van der Waals surface area contributed by atoms with Gasteiger partial charge in [0.25, 0.3) is 0 Å². The molecule has 1 aliphatic rings. The molecule has 1 aliphatic heterocycles. The summed E-state index contributed by atoms with van der Waals surface area (Å²) in [5, 5.41) is 29.7. The van der Waals surface area contributed by atoms with Crippen molar-refractivity contribution in [3.8, 4) is 6.07 Å². The third kappa shape index (κ3) is 4.99. The van der Waals surface area contributed by atoms with Crippen molar-refractivity contribution in [2.24, 2.45) is 0 Å². The molecule has 0 spiro atoms. The van der Waals surface area contributed by atoms with Crippen LogP contribution in [-0.4, -0.2) is 46.3 Å². The van der Waals surface area contributed by atoms with Crippen LogP contribution in [0.2, 0.25) is 0 Å². The molecule has 0 bridgehead atoms. The molecule has 0 radical (unpaired) electrons. The predicted molar refractivity (Wildman–Crippen MR) is 128 cm³/mol. The van der Waals surface area contributed by atoms with Crippen molar-refractivity contribution < 1.29 is 10.2 Å². The van der Waals surface area contributed by atoms with Gasteiger partial charge in [-0.2, -0.15) is 5.26 Å². The summed E-state index contributed by atoms with van der Waals surface area (Å²) in [6.07, 6.45) is 1.60. The first-order chi connectivity index (χ1) is 15.9. The number of aromatic nitrogens is 1. The van der Waals surface area contributed by atoms with Crippen molar-refractivity contribution in [3.05, 3.63) is 89.2 Å². The third-order valence-corrected chi connectivity index (χ3v) is 6.21. The second-order valence-corrected chi connectivity index (χ2v) is 8.72. The van der Waals surface area contributed by atoms with Gasteiger partial charge in [0.1, 0.15) is 5.60 Å². The molecule has 2 aromatic carbocycles. The standard InChI is InChI=1S/C26H29N5O2/c1-26(33,25-10-8-20(17-32)15-29-25)18-30-11-12-31(23-9-7-19(14-27)13-22(23)28)24(16-30)21-5-3-2-4-6-21/h2-10,13,15,24,32-33H,11-12,16-18,28H2,1H3/t24-,26+/m0/s1. The second kappa shape index (κ2) is 9.59. The van der Waals surface area contributed by atoms with Crippen LogP contribution in [0.5, 0.6) is 0 Å². The molecule has 170 valence electrons. The molecule has 1 aromatic heterocycles. The van der Waals surface area contributed by atoms with Gasteiger partial charge >= 0.3 is 0 Å². The van der Waals surface area contributed by atoms with Gasteiger partial charge in [-0.05, 0) is 42.3 Å². The Labute approximate surface area is 194 Å². The molecule has 0 saturated carbocycles. The molecule has 7 nitrogen and oxygen atoms in total. The summed E-state index contributed by atoms with van der Waals surface area (Å²) in [6, 6.07) is 21.4. The van der Waals surface area contributed by atoms with Crippen molar-refractivity contribution in [2.45, 2.75) is 25.2 Å². The summed E-state index contributed by atoms with van der Waals surface area (Å²) < 4.78 is 0. The summed E-state index contributed by atoms with van der Waals surface area (Å²) in [5.74, 6) is 0. The first-order valence-corrected chi connectivity index (χ1v) is 11.0. The van der Waals surface area contributed by atoms with Gasteiger partial charge in [0, 0.05) is 32.4 Å². The van der Waals surface area contributed by atoms with E-state index in [1.807, 2.05) is 24.3 Å². The topological polar surface area (TPSA) is 110 Å². The number of pyridine rings is 1. The number of nitrogen functional groups attached to an aromatic ring is 1. The number of hydrogen-bond donors (Lipinski definition) is 3. The number of rotatable bonds is 6. The van der Waals surface area contributed by atoms with Crippen molar-refractivity contribution >= 4 is 11.4 Å². The first-order valence-electron chi connectivity index (χ1n) is 11.0. The molecule has 0 unspecified atom stereocenters. The molecule has 0 aliphatic carbocycles. The number of β-amino-alcohol motifs (C(OH)–C–C–N with tert-alkyl or cyclic N) is 1. The van der Waals surface area contributed by atoms with Crippen LogP contribution in [-0.2, 0) is 12.2 Å². The summed E-state index contributed by atoms with van der Waals surface area (Å²) in [4.78, 5) is 8.89. The molecule has 4 rings (SSSR count). The summed E-state index contributed by atoms with van der Waals surface area (Å²) >= 11 is 0. The largest absolute Gasteiger partial charge is 0.397 e. The van der Waals surface area contributed by atoms with E-state index >= 15 is 0 Å². The molecule has 1 saturated heterocycles. The van der Waals surface area contributed by atoms with Crippen molar-refractivity contribution in [1.29, 1.82) is 5.26 Å². The van der Waals surface area contributed by atoms with Gasteiger partial charge in [0.15, 0.2) is 0 Å². The Hall–Kier alpha value is -3.44. The quantitative estimate of drug-likeness (QED) is 0.503. The summed E-state index contributed by atoms with van der Waals surface area (Å²) in [6.45, 7) is 4.30. The Balaban J connectivity index is 1.58. The van der Waals surface area contributed by atoms with E-state index in [4.69, 9.17) is 5.73 Å². The van der Waals surface area contributed by atoms with Crippen LogP contribution < -0.4 is 10.6 Å². The zero-order valence-corrected chi connectivity index (χ0v) is 18.7. The molecule has 7 heteroatoms. The van der Waals surface area contributed by atoms with Crippen molar-refractivity contribution in [1.82, 2.24) is 9.88 Å². The van der Waals surface area contributed by atoms with Crippen LogP contribution in [0.3, 0.4) is 0 Å². The lowest BCUT2D eigenvalue weighted by Crippen LogP contribution is -2.52. The molecule has 4 N–H and O–H groups in total. The number of nitriles is 1. The molecule has 3 aromatic rings.